The van der Waals surface area contributed by atoms with Crippen LogP contribution >= 0.6 is 0 Å². The Morgan fingerprint density at radius 1 is 1.44 bits per heavy atom. The molecule has 0 aliphatic carbocycles. The van der Waals surface area contributed by atoms with Crippen molar-refractivity contribution in [2.24, 2.45) is 0 Å². The summed E-state index contributed by atoms with van der Waals surface area (Å²) in [6.07, 6.45) is 1.38. The number of benzene rings is 1. The lowest BCUT2D eigenvalue weighted by Crippen LogP contribution is -2.28. The van der Waals surface area contributed by atoms with Gasteiger partial charge in [0.1, 0.15) is 0 Å². The van der Waals surface area contributed by atoms with Crippen molar-refractivity contribution in [3.05, 3.63) is 23.8 Å². The molecule has 6 heteroatoms. The number of rotatable bonds is 5. The third kappa shape index (κ3) is 2.50. The Hall–Kier alpha value is -1.11. The van der Waals surface area contributed by atoms with Gasteiger partial charge in [0.25, 0.3) is 0 Å². The number of hydrogen-bond donors (Lipinski definition) is 2. The molecule has 0 saturated heterocycles. The summed E-state index contributed by atoms with van der Waals surface area (Å²) < 4.78 is 25.8. The number of nitrogens with one attached hydrogen (secondary N) is 1. The molecule has 0 radical (unpaired) electrons. The molecule has 2 rings (SSSR count). The van der Waals surface area contributed by atoms with Crippen molar-refractivity contribution >= 4 is 15.7 Å². The van der Waals surface area contributed by atoms with E-state index in [-0.39, 0.29) is 6.61 Å². The monoisotopic (exact) mass is 270 g/mol. The molecule has 0 unspecified atom stereocenters. The van der Waals surface area contributed by atoms with Crippen LogP contribution in [0.15, 0.2) is 23.1 Å². The number of nitrogens with zero attached hydrogens (tertiary/aromatic N) is 1. The predicted molar refractivity (Wildman–Crippen MR) is 70.2 cm³/mol. The lowest BCUT2D eigenvalue weighted by Gasteiger charge is -2.17. The summed E-state index contributed by atoms with van der Waals surface area (Å²) in [5, 5.41) is 11.9. The number of anilines is 1. The molecule has 0 spiro atoms. The quantitative estimate of drug-likeness (QED) is 0.824. The molecule has 1 aliphatic rings. The molecule has 0 amide bonds. The van der Waals surface area contributed by atoms with E-state index in [0.717, 1.165) is 24.2 Å². The molecule has 0 bridgehead atoms. The normalized spacial score (nSPS) is 14.6. The highest BCUT2D eigenvalue weighted by atomic mass is 32.2. The second-order valence-electron chi connectivity index (χ2n) is 4.40. The molecule has 1 heterocycles. The van der Waals surface area contributed by atoms with Crippen molar-refractivity contribution in [3.63, 3.8) is 0 Å². The fourth-order valence-corrected chi connectivity index (χ4v) is 3.26. The van der Waals surface area contributed by atoms with E-state index >= 15 is 0 Å². The zero-order chi connectivity index (χ0) is 13.2. The zero-order valence-electron chi connectivity index (χ0n) is 10.4. The maximum absolute atomic E-state index is 12.3. The first-order valence-electron chi connectivity index (χ1n) is 5.99. The number of aliphatic hydroxyl groups is 1. The maximum atomic E-state index is 12.3. The molecule has 0 saturated carbocycles. The van der Waals surface area contributed by atoms with Crippen molar-refractivity contribution in [1.82, 2.24) is 4.31 Å². The van der Waals surface area contributed by atoms with Crippen molar-refractivity contribution in [2.45, 2.75) is 17.7 Å². The molecule has 0 fully saturated rings. The SMILES string of the molecule is CN(CCCO)S(=O)(=O)c1ccc2c(c1)NCC2. The molecule has 1 aliphatic heterocycles. The Morgan fingerprint density at radius 2 is 2.22 bits per heavy atom. The van der Waals surface area contributed by atoms with Gasteiger partial charge in [-0.05, 0) is 30.5 Å². The summed E-state index contributed by atoms with van der Waals surface area (Å²) in [5.74, 6) is 0. The minimum Gasteiger partial charge on any atom is -0.396 e. The van der Waals surface area contributed by atoms with Gasteiger partial charge in [0.2, 0.25) is 10.0 Å². The van der Waals surface area contributed by atoms with E-state index < -0.39 is 10.0 Å². The first-order chi connectivity index (χ1) is 8.55. The average Bonchev–Trinajstić information content (AvgIpc) is 2.82. The van der Waals surface area contributed by atoms with Gasteiger partial charge >= 0.3 is 0 Å². The first-order valence-corrected chi connectivity index (χ1v) is 7.43. The molecule has 0 aromatic heterocycles. The van der Waals surface area contributed by atoms with Crippen LogP contribution in [0.2, 0.25) is 0 Å². The topological polar surface area (TPSA) is 69.6 Å². The molecule has 1 aromatic rings. The van der Waals surface area contributed by atoms with Crippen LogP contribution in [0.5, 0.6) is 0 Å². The van der Waals surface area contributed by atoms with Crippen LogP contribution in [-0.4, -0.2) is 44.6 Å². The van der Waals surface area contributed by atoms with Crippen LogP contribution in [0.1, 0.15) is 12.0 Å². The molecule has 18 heavy (non-hydrogen) atoms. The highest BCUT2D eigenvalue weighted by molar-refractivity contribution is 7.89. The zero-order valence-corrected chi connectivity index (χ0v) is 11.2. The number of hydrogen-bond acceptors (Lipinski definition) is 4. The summed E-state index contributed by atoms with van der Waals surface area (Å²) in [7, 11) is -1.92. The minimum atomic E-state index is -3.45. The van der Waals surface area contributed by atoms with Gasteiger partial charge in [-0.3, -0.25) is 0 Å². The molecular weight excluding hydrogens is 252 g/mol. The van der Waals surface area contributed by atoms with Gasteiger partial charge in [0.05, 0.1) is 4.90 Å². The molecule has 5 nitrogen and oxygen atoms in total. The average molecular weight is 270 g/mol. The minimum absolute atomic E-state index is 0.00833. The third-order valence-corrected chi connectivity index (χ3v) is 4.98. The largest absolute Gasteiger partial charge is 0.396 e. The number of fused-ring (bicyclic) bond motifs is 1. The van der Waals surface area contributed by atoms with Crippen molar-refractivity contribution in [1.29, 1.82) is 0 Å². The second kappa shape index (κ2) is 5.26. The van der Waals surface area contributed by atoms with Crippen LogP contribution in [0.3, 0.4) is 0 Å². The summed E-state index contributed by atoms with van der Waals surface area (Å²) in [4.78, 5) is 0.302. The van der Waals surface area contributed by atoms with Crippen LogP contribution in [-0.2, 0) is 16.4 Å². The smallest absolute Gasteiger partial charge is 0.242 e. The number of aliphatic hydroxyl groups excluding tert-OH is 1. The molecule has 2 N–H and O–H groups in total. The van der Waals surface area contributed by atoms with Crippen molar-refractivity contribution in [3.8, 4) is 0 Å². The fourth-order valence-electron chi connectivity index (χ4n) is 2.02. The van der Waals surface area contributed by atoms with Gasteiger partial charge < -0.3 is 10.4 Å². The van der Waals surface area contributed by atoms with E-state index in [2.05, 4.69) is 5.32 Å². The Morgan fingerprint density at radius 3 is 2.94 bits per heavy atom. The summed E-state index contributed by atoms with van der Waals surface area (Å²) in [6, 6.07) is 5.20. The van der Waals surface area contributed by atoms with E-state index in [1.54, 1.807) is 12.1 Å². The van der Waals surface area contributed by atoms with Crippen LogP contribution < -0.4 is 5.32 Å². The highest BCUT2D eigenvalue weighted by Gasteiger charge is 2.22. The Kier molecular flexibility index (Phi) is 3.89. The van der Waals surface area contributed by atoms with Gasteiger partial charge in [0.15, 0.2) is 0 Å². The first kappa shape index (κ1) is 13.3. The Balaban J connectivity index is 2.24. The van der Waals surface area contributed by atoms with Crippen LogP contribution in [0.25, 0.3) is 0 Å². The fraction of sp³-hybridized carbons (Fsp3) is 0.500. The van der Waals surface area contributed by atoms with E-state index in [0.29, 0.717) is 17.9 Å². The molecular formula is C12H18N2O3S. The Bertz CT molecular complexity index is 528. The summed E-state index contributed by atoms with van der Waals surface area (Å²) in [6.45, 7) is 1.17. The second-order valence-corrected chi connectivity index (χ2v) is 6.44. The lowest BCUT2D eigenvalue weighted by molar-refractivity contribution is 0.275. The van der Waals surface area contributed by atoms with Gasteiger partial charge in [0, 0.05) is 32.4 Å². The highest BCUT2D eigenvalue weighted by Crippen LogP contribution is 2.26. The van der Waals surface area contributed by atoms with E-state index in [1.165, 1.54) is 11.4 Å². The molecule has 1 aromatic carbocycles. The Labute approximate surface area is 107 Å². The maximum Gasteiger partial charge on any atom is 0.242 e. The summed E-state index contributed by atoms with van der Waals surface area (Å²) in [5.41, 5.74) is 2.07. The van der Waals surface area contributed by atoms with Crippen LogP contribution in [0, 0.1) is 0 Å². The van der Waals surface area contributed by atoms with Gasteiger partial charge in [-0.25, -0.2) is 12.7 Å². The van der Waals surface area contributed by atoms with Gasteiger partial charge in [-0.15, -0.1) is 0 Å². The van der Waals surface area contributed by atoms with E-state index in [9.17, 15) is 8.42 Å². The van der Waals surface area contributed by atoms with Crippen molar-refractivity contribution < 1.29 is 13.5 Å². The standard InChI is InChI=1S/C12H18N2O3S/c1-14(7-2-8-15)18(16,17)11-4-3-10-5-6-13-12(10)9-11/h3-4,9,13,15H,2,5-8H2,1H3. The van der Waals surface area contributed by atoms with E-state index in [1.807, 2.05) is 6.07 Å². The summed E-state index contributed by atoms with van der Waals surface area (Å²) >= 11 is 0. The lowest BCUT2D eigenvalue weighted by atomic mass is 10.2. The van der Waals surface area contributed by atoms with Crippen LogP contribution in [0.4, 0.5) is 5.69 Å². The third-order valence-electron chi connectivity index (χ3n) is 3.13. The van der Waals surface area contributed by atoms with Gasteiger partial charge in [-0.2, -0.15) is 0 Å². The van der Waals surface area contributed by atoms with Crippen molar-refractivity contribution in [2.75, 3.05) is 32.1 Å². The number of sulfonamides is 1. The predicted octanol–water partition coefficient (Wildman–Crippen LogP) is 0.657. The molecule has 100 valence electrons. The van der Waals surface area contributed by atoms with Gasteiger partial charge in [-0.1, -0.05) is 6.07 Å². The van der Waals surface area contributed by atoms with E-state index in [4.69, 9.17) is 5.11 Å². The molecule has 0 atom stereocenters.